The van der Waals surface area contributed by atoms with Gasteiger partial charge in [-0.2, -0.15) is 0 Å². The lowest BCUT2D eigenvalue weighted by Gasteiger charge is -2.29. The fourth-order valence-electron chi connectivity index (χ4n) is 2.25. The molecular weight excluding hydrogens is 240 g/mol. The Bertz CT molecular complexity index is 458. The number of aryl methyl sites for hydroxylation is 1. The van der Waals surface area contributed by atoms with E-state index in [1.54, 1.807) is 6.20 Å². The number of hydrogen-bond acceptors (Lipinski definition) is 4. The first-order valence-corrected chi connectivity index (χ1v) is 6.56. The van der Waals surface area contributed by atoms with Crippen LogP contribution in [0.15, 0.2) is 17.3 Å². The van der Waals surface area contributed by atoms with E-state index in [0.29, 0.717) is 11.7 Å². The SMILES string of the molecule is Cc1cc(NC2CCN(C)CC2)ncc1N=C(N)N. The zero-order valence-electron chi connectivity index (χ0n) is 11.6. The quantitative estimate of drug-likeness (QED) is 0.553. The molecule has 19 heavy (non-hydrogen) atoms. The van der Waals surface area contributed by atoms with Gasteiger partial charge >= 0.3 is 0 Å². The van der Waals surface area contributed by atoms with Crippen LogP contribution in [0.3, 0.4) is 0 Å². The maximum Gasteiger partial charge on any atom is 0.191 e. The molecular formula is C13H22N6. The Morgan fingerprint density at radius 3 is 2.68 bits per heavy atom. The van der Waals surface area contributed by atoms with Crippen molar-refractivity contribution in [3.8, 4) is 0 Å². The summed E-state index contributed by atoms with van der Waals surface area (Å²) in [6, 6.07) is 2.48. The Morgan fingerprint density at radius 1 is 1.42 bits per heavy atom. The standard InChI is InChI=1S/C13H22N6/c1-9-7-12(16-8-11(9)18-13(14)15)17-10-3-5-19(2)6-4-10/h7-8,10H,3-6H2,1-2H3,(H,16,17)(H4,14,15,18). The number of guanidine groups is 1. The Labute approximate surface area is 113 Å². The van der Waals surface area contributed by atoms with Crippen LogP contribution in [-0.4, -0.2) is 42.0 Å². The summed E-state index contributed by atoms with van der Waals surface area (Å²) in [5, 5.41) is 3.47. The van der Waals surface area contributed by atoms with Crippen molar-refractivity contribution in [1.82, 2.24) is 9.88 Å². The number of pyridine rings is 1. The lowest BCUT2D eigenvalue weighted by molar-refractivity contribution is 0.263. The first-order chi connectivity index (χ1) is 9.04. The second kappa shape index (κ2) is 5.88. The number of nitrogens with two attached hydrogens (primary N) is 2. The Morgan fingerprint density at radius 2 is 2.11 bits per heavy atom. The van der Waals surface area contributed by atoms with Crippen LogP contribution in [-0.2, 0) is 0 Å². The molecule has 1 aliphatic rings. The van der Waals surface area contributed by atoms with E-state index in [4.69, 9.17) is 11.5 Å². The molecule has 6 nitrogen and oxygen atoms in total. The van der Waals surface area contributed by atoms with Crippen LogP contribution in [0.1, 0.15) is 18.4 Å². The third-order valence-corrected chi connectivity index (χ3v) is 3.40. The van der Waals surface area contributed by atoms with E-state index < -0.39 is 0 Å². The third kappa shape index (κ3) is 3.82. The van der Waals surface area contributed by atoms with Crippen LogP contribution >= 0.6 is 0 Å². The largest absolute Gasteiger partial charge is 0.370 e. The fraction of sp³-hybridized carbons (Fsp3) is 0.538. The molecule has 0 spiro atoms. The molecule has 6 heteroatoms. The molecule has 1 aromatic heterocycles. The molecule has 0 amide bonds. The minimum Gasteiger partial charge on any atom is -0.370 e. The summed E-state index contributed by atoms with van der Waals surface area (Å²) in [7, 11) is 2.16. The molecule has 0 saturated carbocycles. The minimum atomic E-state index is 0.0564. The molecule has 1 saturated heterocycles. The molecule has 0 atom stereocenters. The summed E-state index contributed by atoms with van der Waals surface area (Å²) in [6.07, 6.45) is 3.99. The van der Waals surface area contributed by atoms with Crippen molar-refractivity contribution in [3.63, 3.8) is 0 Å². The monoisotopic (exact) mass is 262 g/mol. The molecule has 2 heterocycles. The molecule has 104 valence electrons. The van der Waals surface area contributed by atoms with Gasteiger partial charge in [-0.15, -0.1) is 0 Å². The van der Waals surface area contributed by atoms with Gasteiger partial charge in [-0.1, -0.05) is 0 Å². The summed E-state index contributed by atoms with van der Waals surface area (Å²) in [5.74, 6) is 0.947. The molecule has 2 rings (SSSR count). The van der Waals surface area contributed by atoms with E-state index >= 15 is 0 Å². The number of piperidine rings is 1. The lowest BCUT2D eigenvalue weighted by atomic mass is 10.1. The van der Waals surface area contributed by atoms with Crippen molar-refractivity contribution < 1.29 is 0 Å². The summed E-state index contributed by atoms with van der Waals surface area (Å²) in [6.45, 7) is 4.23. The first kappa shape index (κ1) is 13.6. The van der Waals surface area contributed by atoms with Crippen LogP contribution in [0.25, 0.3) is 0 Å². The number of rotatable bonds is 3. The number of aliphatic imine (C=N–C) groups is 1. The van der Waals surface area contributed by atoms with Gasteiger partial charge in [0.05, 0.1) is 11.9 Å². The van der Waals surface area contributed by atoms with Crippen LogP contribution in [0, 0.1) is 6.92 Å². The van der Waals surface area contributed by atoms with Gasteiger partial charge in [0.15, 0.2) is 5.96 Å². The van der Waals surface area contributed by atoms with Crippen molar-refractivity contribution >= 4 is 17.5 Å². The number of nitrogens with zero attached hydrogens (tertiary/aromatic N) is 3. The van der Waals surface area contributed by atoms with Crippen molar-refractivity contribution in [2.24, 2.45) is 16.5 Å². The normalized spacial score (nSPS) is 17.2. The molecule has 1 aliphatic heterocycles. The van der Waals surface area contributed by atoms with Gasteiger partial charge in [0.2, 0.25) is 0 Å². The van der Waals surface area contributed by atoms with Crippen molar-refractivity contribution in [3.05, 3.63) is 17.8 Å². The number of likely N-dealkylation sites (tertiary alicyclic amines) is 1. The topological polar surface area (TPSA) is 92.6 Å². The van der Waals surface area contributed by atoms with E-state index in [-0.39, 0.29) is 5.96 Å². The second-order valence-corrected chi connectivity index (χ2v) is 5.11. The highest BCUT2D eigenvalue weighted by atomic mass is 15.1. The van der Waals surface area contributed by atoms with Gasteiger partial charge in [-0.3, -0.25) is 0 Å². The van der Waals surface area contributed by atoms with E-state index in [1.165, 1.54) is 0 Å². The van der Waals surface area contributed by atoms with Crippen molar-refractivity contribution in [1.29, 1.82) is 0 Å². The van der Waals surface area contributed by atoms with Crippen LogP contribution < -0.4 is 16.8 Å². The predicted octanol–water partition coefficient (Wildman–Crippen LogP) is 0.801. The highest BCUT2D eigenvalue weighted by Gasteiger charge is 2.16. The highest BCUT2D eigenvalue weighted by molar-refractivity contribution is 5.79. The zero-order valence-corrected chi connectivity index (χ0v) is 11.6. The van der Waals surface area contributed by atoms with E-state index in [0.717, 1.165) is 37.3 Å². The average Bonchev–Trinajstić information content (AvgIpc) is 2.35. The van der Waals surface area contributed by atoms with Gasteiger partial charge in [-0.05, 0) is 51.5 Å². The second-order valence-electron chi connectivity index (χ2n) is 5.11. The summed E-state index contributed by atoms with van der Waals surface area (Å²) >= 11 is 0. The van der Waals surface area contributed by atoms with Gasteiger partial charge in [0, 0.05) is 6.04 Å². The Kier molecular flexibility index (Phi) is 4.21. The van der Waals surface area contributed by atoms with Crippen molar-refractivity contribution in [2.75, 3.05) is 25.5 Å². The third-order valence-electron chi connectivity index (χ3n) is 3.40. The minimum absolute atomic E-state index is 0.0564. The molecule has 1 aromatic rings. The van der Waals surface area contributed by atoms with Crippen LogP contribution in [0.4, 0.5) is 11.5 Å². The predicted molar refractivity (Wildman–Crippen MR) is 78.6 cm³/mol. The van der Waals surface area contributed by atoms with E-state index in [9.17, 15) is 0 Å². The van der Waals surface area contributed by atoms with E-state index in [1.807, 2.05) is 13.0 Å². The van der Waals surface area contributed by atoms with Crippen LogP contribution in [0.2, 0.25) is 0 Å². The van der Waals surface area contributed by atoms with Gasteiger partial charge in [0.25, 0.3) is 0 Å². The summed E-state index contributed by atoms with van der Waals surface area (Å²) in [4.78, 5) is 10.7. The number of nitrogens with one attached hydrogen (secondary N) is 1. The number of hydrogen-bond donors (Lipinski definition) is 3. The molecule has 0 bridgehead atoms. The van der Waals surface area contributed by atoms with Gasteiger partial charge in [0.1, 0.15) is 5.82 Å². The number of aromatic nitrogens is 1. The first-order valence-electron chi connectivity index (χ1n) is 6.56. The van der Waals surface area contributed by atoms with E-state index in [2.05, 4.69) is 27.2 Å². The average molecular weight is 262 g/mol. The Hall–Kier alpha value is -1.82. The maximum atomic E-state index is 5.37. The van der Waals surface area contributed by atoms with Gasteiger partial charge in [-0.25, -0.2) is 9.98 Å². The summed E-state index contributed by atoms with van der Waals surface area (Å²) < 4.78 is 0. The summed E-state index contributed by atoms with van der Waals surface area (Å²) in [5.41, 5.74) is 12.5. The molecule has 0 radical (unpaired) electrons. The molecule has 0 aromatic carbocycles. The van der Waals surface area contributed by atoms with Gasteiger partial charge < -0.3 is 21.7 Å². The lowest BCUT2D eigenvalue weighted by Crippen LogP contribution is -2.36. The Balaban J connectivity index is 2.02. The molecule has 5 N–H and O–H groups in total. The molecule has 0 aliphatic carbocycles. The molecule has 0 unspecified atom stereocenters. The smallest absolute Gasteiger partial charge is 0.191 e. The van der Waals surface area contributed by atoms with Crippen LogP contribution in [0.5, 0.6) is 0 Å². The van der Waals surface area contributed by atoms with Crippen molar-refractivity contribution in [2.45, 2.75) is 25.8 Å². The highest BCUT2D eigenvalue weighted by Crippen LogP contribution is 2.21. The number of anilines is 1. The zero-order chi connectivity index (χ0) is 13.8. The molecule has 1 fully saturated rings. The fourth-order valence-corrected chi connectivity index (χ4v) is 2.25. The maximum absolute atomic E-state index is 5.37.